The molecule has 84 valence electrons. The van der Waals surface area contributed by atoms with Crippen molar-refractivity contribution >= 4 is 21.6 Å². The van der Waals surface area contributed by atoms with Gasteiger partial charge in [-0.3, -0.25) is 4.79 Å². The van der Waals surface area contributed by atoms with E-state index in [1.54, 1.807) is 11.3 Å². The van der Waals surface area contributed by atoms with E-state index in [-0.39, 0.29) is 5.56 Å². The Morgan fingerprint density at radius 1 is 1.50 bits per heavy atom. The van der Waals surface area contributed by atoms with E-state index in [1.165, 1.54) is 16.8 Å². The zero-order valence-electron chi connectivity index (χ0n) is 9.46. The standard InChI is InChI=1S/C12H14N2OS/c1-12(2)4-3-7-8(5-12)16-11-9(7)10(15)13-6-14-11/h6H,3-5H2,1-2H3,(H,13,14,15). The molecule has 1 aliphatic rings. The molecule has 2 aromatic heterocycles. The van der Waals surface area contributed by atoms with Crippen LogP contribution in [0.4, 0.5) is 0 Å². The van der Waals surface area contributed by atoms with Gasteiger partial charge in [0.15, 0.2) is 0 Å². The van der Waals surface area contributed by atoms with Gasteiger partial charge in [0.1, 0.15) is 4.83 Å². The third-order valence-electron chi connectivity index (χ3n) is 3.37. The SMILES string of the molecule is CC1(C)CCc2c(sc3nc[nH]c(=O)c23)C1. The van der Waals surface area contributed by atoms with Crippen LogP contribution in [0.1, 0.15) is 30.7 Å². The monoisotopic (exact) mass is 234 g/mol. The van der Waals surface area contributed by atoms with E-state index in [2.05, 4.69) is 23.8 Å². The van der Waals surface area contributed by atoms with Crippen molar-refractivity contribution in [3.8, 4) is 0 Å². The van der Waals surface area contributed by atoms with Crippen molar-refractivity contribution in [1.82, 2.24) is 9.97 Å². The molecule has 3 rings (SSSR count). The number of aromatic amines is 1. The van der Waals surface area contributed by atoms with E-state index in [0.29, 0.717) is 5.41 Å². The Bertz CT molecular complexity index is 609. The first-order valence-corrected chi connectivity index (χ1v) is 6.36. The van der Waals surface area contributed by atoms with Crippen LogP contribution in [0.5, 0.6) is 0 Å². The third kappa shape index (κ3) is 1.40. The highest BCUT2D eigenvalue weighted by Crippen LogP contribution is 2.40. The summed E-state index contributed by atoms with van der Waals surface area (Å²) < 4.78 is 0. The molecule has 0 radical (unpaired) electrons. The summed E-state index contributed by atoms with van der Waals surface area (Å²) in [6.07, 6.45) is 4.73. The summed E-state index contributed by atoms with van der Waals surface area (Å²) in [6.45, 7) is 4.58. The lowest BCUT2D eigenvalue weighted by Crippen LogP contribution is -2.21. The first kappa shape index (κ1) is 10.0. The summed E-state index contributed by atoms with van der Waals surface area (Å²) in [4.78, 5) is 21.0. The van der Waals surface area contributed by atoms with Gasteiger partial charge < -0.3 is 4.98 Å². The molecule has 2 heterocycles. The summed E-state index contributed by atoms with van der Waals surface area (Å²) in [6, 6.07) is 0. The van der Waals surface area contributed by atoms with Gasteiger partial charge in [0, 0.05) is 4.88 Å². The summed E-state index contributed by atoms with van der Waals surface area (Å²) >= 11 is 1.69. The second-order valence-electron chi connectivity index (χ2n) is 5.26. The highest BCUT2D eigenvalue weighted by molar-refractivity contribution is 7.18. The van der Waals surface area contributed by atoms with Crippen LogP contribution < -0.4 is 5.56 Å². The fourth-order valence-electron chi connectivity index (χ4n) is 2.44. The molecule has 2 aromatic rings. The molecule has 0 aliphatic heterocycles. The average molecular weight is 234 g/mol. The predicted molar refractivity (Wildman–Crippen MR) is 66.0 cm³/mol. The van der Waals surface area contributed by atoms with Crippen LogP contribution in [0, 0.1) is 5.41 Å². The second kappa shape index (κ2) is 3.17. The number of aryl methyl sites for hydroxylation is 1. The molecule has 4 heteroatoms. The van der Waals surface area contributed by atoms with Crippen molar-refractivity contribution in [1.29, 1.82) is 0 Å². The molecule has 0 spiro atoms. The number of rotatable bonds is 0. The summed E-state index contributed by atoms with van der Waals surface area (Å²) in [5, 5.41) is 0.831. The minimum Gasteiger partial charge on any atom is -0.313 e. The molecule has 1 aliphatic carbocycles. The first-order valence-electron chi connectivity index (χ1n) is 5.55. The van der Waals surface area contributed by atoms with Crippen molar-refractivity contribution in [3.05, 3.63) is 27.1 Å². The Kier molecular flexibility index (Phi) is 1.98. The largest absolute Gasteiger partial charge is 0.313 e. The number of nitrogens with one attached hydrogen (secondary N) is 1. The van der Waals surface area contributed by atoms with E-state index >= 15 is 0 Å². The molecule has 0 atom stereocenters. The molecule has 0 bridgehead atoms. The van der Waals surface area contributed by atoms with Crippen molar-refractivity contribution in [2.45, 2.75) is 33.1 Å². The number of aromatic nitrogens is 2. The fourth-order valence-corrected chi connectivity index (χ4v) is 3.89. The maximum Gasteiger partial charge on any atom is 0.259 e. The van der Waals surface area contributed by atoms with Crippen LogP contribution in [0.2, 0.25) is 0 Å². The molecule has 0 fully saturated rings. The molecule has 3 nitrogen and oxygen atoms in total. The average Bonchev–Trinajstić information content (AvgIpc) is 2.54. The Balaban J connectivity index is 2.29. The topological polar surface area (TPSA) is 45.8 Å². The lowest BCUT2D eigenvalue weighted by molar-refractivity contribution is 0.320. The van der Waals surface area contributed by atoms with E-state index in [0.717, 1.165) is 29.5 Å². The Hall–Kier alpha value is -1.16. The summed E-state index contributed by atoms with van der Waals surface area (Å²) in [5.74, 6) is 0. The van der Waals surface area contributed by atoms with Gasteiger partial charge in [-0.15, -0.1) is 11.3 Å². The van der Waals surface area contributed by atoms with Gasteiger partial charge in [0.2, 0.25) is 0 Å². The number of hydrogen-bond donors (Lipinski definition) is 1. The Morgan fingerprint density at radius 3 is 3.12 bits per heavy atom. The van der Waals surface area contributed by atoms with Gasteiger partial charge in [-0.05, 0) is 30.2 Å². The number of hydrogen-bond acceptors (Lipinski definition) is 3. The van der Waals surface area contributed by atoms with E-state index in [4.69, 9.17) is 0 Å². The van der Waals surface area contributed by atoms with Crippen molar-refractivity contribution < 1.29 is 0 Å². The van der Waals surface area contributed by atoms with E-state index in [9.17, 15) is 4.79 Å². The maximum absolute atomic E-state index is 11.8. The fraction of sp³-hybridized carbons (Fsp3) is 0.500. The van der Waals surface area contributed by atoms with Gasteiger partial charge in [0.05, 0.1) is 11.7 Å². The van der Waals surface area contributed by atoms with E-state index in [1.807, 2.05) is 0 Å². The van der Waals surface area contributed by atoms with Crippen molar-refractivity contribution in [3.63, 3.8) is 0 Å². The van der Waals surface area contributed by atoms with Crippen molar-refractivity contribution in [2.24, 2.45) is 5.41 Å². The highest BCUT2D eigenvalue weighted by atomic mass is 32.1. The smallest absolute Gasteiger partial charge is 0.259 e. The molecule has 0 amide bonds. The van der Waals surface area contributed by atoms with Crippen molar-refractivity contribution in [2.75, 3.05) is 0 Å². The molecule has 0 saturated heterocycles. The zero-order valence-corrected chi connectivity index (χ0v) is 10.3. The predicted octanol–water partition coefficient (Wildman–Crippen LogP) is 2.50. The van der Waals surface area contributed by atoms with Crippen LogP contribution in [0.25, 0.3) is 10.2 Å². The molecule has 0 unspecified atom stereocenters. The van der Waals surface area contributed by atoms with Gasteiger partial charge in [0.25, 0.3) is 5.56 Å². The second-order valence-corrected chi connectivity index (χ2v) is 6.34. The first-order chi connectivity index (χ1) is 7.57. The number of thiophene rings is 1. The van der Waals surface area contributed by atoms with Crippen LogP contribution in [-0.2, 0) is 12.8 Å². The van der Waals surface area contributed by atoms with Gasteiger partial charge in [-0.25, -0.2) is 4.98 Å². The van der Waals surface area contributed by atoms with E-state index < -0.39 is 0 Å². The lowest BCUT2D eigenvalue weighted by atomic mass is 9.77. The quantitative estimate of drug-likeness (QED) is 0.761. The number of nitrogens with zero attached hydrogens (tertiary/aromatic N) is 1. The Morgan fingerprint density at radius 2 is 2.31 bits per heavy atom. The normalized spacial score (nSPS) is 18.6. The molecule has 1 N–H and O–H groups in total. The number of fused-ring (bicyclic) bond motifs is 3. The lowest BCUT2D eigenvalue weighted by Gasteiger charge is -2.29. The van der Waals surface area contributed by atoms with Crippen LogP contribution >= 0.6 is 11.3 Å². The summed E-state index contributed by atoms with van der Waals surface area (Å²) in [5.41, 5.74) is 1.62. The zero-order chi connectivity index (χ0) is 11.3. The minimum absolute atomic E-state index is 0.0159. The maximum atomic E-state index is 11.8. The minimum atomic E-state index is 0.0159. The van der Waals surface area contributed by atoms with Gasteiger partial charge >= 0.3 is 0 Å². The summed E-state index contributed by atoms with van der Waals surface area (Å²) in [7, 11) is 0. The molecule has 0 saturated carbocycles. The van der Waals surface area contributed by atoms with Gasteiger partial charge in [-0.1, -0.05) is 13.8 Å². The van der Waals surface area contributed by atoms with Gasteiger partial charge in [-0.2, -0.15) is 0 Å². The molecular weight excluding hydrogens is 220 g/mol. The highest BCUT2D eigenvalue weighted by Gasteiger charge is 2.29. The molecule has 16 heavy (non-hydrogen) atoms. The number of H-pyrrole nitrogens is 1. The van der Waals surface area contributed by atoms with Crippen LogP contribution in [0.15, 0.2) is 11.1 Å². The Labute approximate surface area is 97.5 Å². The molecular formula is C12H14N2OS. The van der Waals surface area contributed by atoms with Crippen LogP contribution in [-0.4, -0.2) is 9.97 Å². The molecule has 0 aromatic carbocycles. The van der Waals surface area contributed by atoms with Crippen LogP contribution in [0.3, 0.4) is 0 Å². The third-order valence-corrected chi connectivity index (χ3v) is 4.51.